The van der Waals surface area contributed by atoms with Crippen molar-refractivity contribution in [2.24, 2.45) is 0 Å². The van der Waals surface area contributed by atoms with Gasteiger partial charge >= 0.3 is 17.9 Å². The molecule has 0 radical (unpaired) electrons. The second-order valence-corrected chi connectivity index (χ2v) is 22.0. The summed E-state index contributed by atoms with van der Waals surface area (Å²) in [6.45, 7) is 6.46. The summed E-state index contributed by atoms with van der Waals surface area (Å²) in [5.41, 5.74) is 0. The normalized spacial score (nSPS) is 13.1. The lowest BCUT2D eigenvalue weighted by Crippen LogP contribution is -2.30. The zero-order valence-corrected chi connectivity index (χ0v) is 53.2. The van der Waals surface area contributed by atoms with E-state index in [1.54, 1.807) is 0 Å². The quantitative estimate of drug-likeness (QED) is 0.0261. The van der Waals surface area contributed by atoms with Crippen LogP contribution < -0.4 is 0 Å². The summed E-state index contributed by atoms with van der Waals surface area (Å²) in [6.07, 6.45) is 98.7. The molecule has 6 nitrogen and oxygen atoms in total. The standard InChI is InChI=1S/C76H124O6/c1-4-7-10-13-16-19-22-24-26-28-30-32-34-36-37-38-39-41-42-44-46-48-50-52-54-57-60-63-66-69-75(78)81-72-73(71-80-74(77)68-65-62-59-56-21-18-15-12-9-6-3)82-76(79)70-67-64-61-58-55-53-51-49-47-45-43-40-35-33-31-29-27-25-23-20-17-14-11-8-5-2/h7,10,16,19,23-26,29-32,35-37,39-41,44,46,50,52,57,60,73H,4-6,8-9,11-15,17-18,20-22,27-28,33-34,38,42-43,45,47-49,51,53-56,58-59,61-72H2,1-3H3/b10-7-,19-16-,25-23-,26-24-,31-29-,32-30-,37-36-,40-35-,41-39-,46-44-,52-50-,60-57-. The van der Waals surface area contributed by atoms with Crippen molar-refractivity contribution in [2.75, 3.05) is 13.2 Å². The molecule has 0 saturated heterocycles. The Balaban J connectivity index is 4.37. The smallest absolute Gasteiger partial charge is 0.306 e. The van der Waals surface area contributed by atoms with E-state index in [9.17, 15) is 14.4 Å². The Hall–Kier alpha value is -4.71. The van der Waals surface area contributed by atoms with Crippen LogP contribution in [0.3, 0.4) is 0 Å². The third kappa shape index (κ3) is 66.1. The summed E-state index contributed by atoms with van der Waals surface area (Å²) in [5, 5.41) is 0. The van der Waals surface area contributed by atoms with E-state index in [0.29, 0.717) is 19.3 Å². The Morgan fingerprint density at radius 2 is 0.488 bits per heavy atom. The monoisotopic (exact) mass is 1130 g/mol. The van der Waals surface area contributed by atoms with Gasteiger partial charge in [-0.25, -0.2) is 0 Å². The van der Waals surface area contributed by atoms with E-state index < -0.39 is 6.10 Å². The maximum absolute atomic E-state index is 12.9. The first-order chi connectivity index (χ1) is 40.5. The molecule has 6 heteroatoms. The summed E-state index contributed by atoms with van der Waals surface area (Å²) in [4.78, 5) is 38.3. The van der Waals surface area contributed by atoms with Crippen LogP contribution in [0.1, 0.15) is 297 Å². The number of unbranched alkanes of at least 4 members (excludes halogenated alkanes) is 25. The molecule has 1 atom stereocenters. The van der Waals surface area contributed by atoms with Crippen molar-refractivity contribution in [3.63, 3.8) is 0 Å². The van der Waals surface area contributed by atoms with Crippen LogP contribution in [0.15, 0.2) is 146 Å². The van der Waals surface area contributed by atoms with Crippen LogP contribution in [-0.2, 0) is 28.6 Å². The number of carbonyl (C=O) groups excluding carboxylic acids is 3. The van der Waals surface area contributed by atoms with Crippen LogP contribution >= 0.6 is 0 Å². The molecular formula is C76H124O6. The molecule has 0 aliphatic heterocycles. The minimum atomic E-state index is -0.809. The van der Waals surface area contributed by atoms with Gasteiger partial charge in [0.15, 0.2) is 6.10 Å². The van der Waals surface area contributed by atoms with Gasteiger partial charge in [0.1, 0.15) is 13.2 Å². The number of esters is 3. The number of allylic oxidation sites excluding steroid dienone is 24. The minimum Gasteiger partial charge on any atom is -0.462 e. The van der Waals surface area contributed by atoms with Gasteiger partial charge in [0.25, 0.3) is 0 Å². The lowest BCUT2D eigenvalue weighted by Gasteiger charge is -2.18. The Kier molecular flexibility index (Phi) is 64.8. The summed E-state index contributed by atoms with van der Waals surface area (Å²) in [5.74, 6) is -0.966. The Bertz CT molecular complexity index is 1780. The molecule has 0 bridgehead atoms. The minimum absolute atomic E-state index is 0.100. The third-order valence-corrected chi connectivity index (χ3v) is 14.1. The Labute approximate surface area is 506 Å². The van der Waals surface area contributed by atoms with Gasteiger partial charge in [-0.1, -0.05) is 301 Å². The largest absolute Gasteiger partial charge is 0.462 e. The third-order valence-electron chi connectivity index (χ3n) is 14.1. The van der Waals surface area contributed by atoms with Gasteiger partial charge in [0.05, 0.1) is 0 Å². The second-order valence-electron chi connectivity index (χ2n) is 22.0. The van der Waals surface area contributed by atoms with Crippen molar-refractivity contribution in [2.45, 2.75) is 303 Å². The van der Waals surface area contributed by atoms with Gasteiger partial charge in [-0.2, -0.15) is 0 Å². The SMILES string of the molecule is CC/C=C\C/C=C\C/C=C\C/C=C\C/C=C\C/C=C\C/C=C\C/C=C\C/C=C\CCCC(=O)OCC(COC(=O)CCCCCCCCCCCC)OC(=O)CCCCCCCCCCCC/C=C\C/C=C\C/C=C\CCCCCCC. The van der Waals surface area contributed by atoms with Crippen LogP contribution in [0.4, 0.5) is 0 Å². The molecule has 0 fully saturated rings. The molecule has 0 aromatic heterocycles. The average Bonchev–Trinajstić information content (AvgIpc) is 3.48. The Morgan fingerprint density at radius 1 is 0.256 bits per heavy atom. The molecule has 0 rings (SSSR count). The predicted octanol–water partition coefficient (Wildman–Crippen LogP) is 23.5. The molecule has 464 valence electrons. The van der Waals surface area contributed by atoms with E-state index in [1.165, 1.54) is 135 Å². The lowest BCUT2D eigenvalue weighted by atomic mass is 10.0. The van der Waals surface area contributed by atoms with Crippen molar-refractivity contribution in [1.82, 2.24) is 0 Å². The fourth-order valence-corrected chi connectivity index (χ4v) is 9.04. The number of hydrogen-bond donors (Lipinski definition) is 0. The average molecular weight is 1130 g/mol. The highest BCUT2D eigenvalue weighted by Gasteiger charge is 2.19. The molecule has 0 aromatic carbocycles. The molecule has 0 N–H and O–H groups in total. The fraction of sp³-hybridized carbons (Fsp3) is 0.645. The Morgan fingerprint density at radius 3 is 0.793 bits per heavy atom. The van der Waals surface area contributed by atoms with E-state index >= 15 is 0 Å². The predicted molar refractivity (Wildman–Crippen MR) is 357 cm³/mol. The van der Waals surface area contributed by atoms with Gasteiger partial charge in [-0.15, -0.1) is 0 Å². The number of carbonyl (C=O) groups is 3. The molecule has 0 aromatic rings. The van der Waals surface area contributed by atoms with Gasteiger partial charge in [-0.3, -0.25) is 14.4 Å². The first kappa shape index (κ1) is 77.3. The van der Waals surface area contributed by atoms with Crippen molar-refractivity contribution in [3.8, 4) is 0 Å². The summed E-state index contributed by atoms with van der Waals surface area (Å²) in [7, 11) is 0. The molecule has 82 heavy (non-hydrogen) atoms. The van der Waals surface area contributed by atoms with Crippen LogP contribution in [0.5, 0.6) is 0 Å². The first-order valence-corrected chi connectivity index (χ1v) is 33.8. The maximum Gasteiger partial charge on any atom is 0.306 e. The van der Waals surface area contributed by atoms with Gasteiger partial charge < -0.3 is 14.2 Å². The van der Waals surface area contributed by atoms with Gasteiger partial charge in [0.2, 0.25) is 0 Å². The molecule has 0 heterocycles. The van der Waals surface area contributed by atoms with E-state index in [2.05, 4.69) is 167 Å². The molecule has 0 saturated carbocycles. The van der Waals surface area contributed by atoms with Crippen molar-refractivity contribution in [3.05, 3.63) is 146 Å². The zero-order valence-electron chi connectivity index (χ0n) is 53.2. The van der Waals surface area contributed by atoms with Gasteiger partial charge in [-0.05, 0) is 122 Å². The highest BCUT2D eigenvalue weighted by molar-refractivity contribution is 5.71. The molecule has 0 spiro atoms. The molecule has 1 unspecified atom stereocenters. The topological polar surface area (TPSA) is 78.9 Å². The maximum atomic E-state index is 12.9. The summed E-state index contributed by atoms with van der Waals surface area (Å²) < 4.78 is 16.9. The number of hydrogen-bond acceptors (Lipinski definition) is 6. The summed E-state index contributed by atoms with van der Waals surface area (Å²) in [6, 6.07) is 0. The van der Waals surface area contributed by atoms with Crippen LogP contribution in [0, 0.1) is 0 Å². The van der Waals surface area contributed by atoms with Crippen molar-refractivity contribution in [1.29, 1.82) is 0 Å². The van der Waals surface area contributed by atoms with E-state index in [0.717, 1.165) is 116 Å². The van der Waals surface area contributed by atoms with Gasteiger partial charge in [0, 0.05) is 19.3 Å². The van der Waals surface area contributed by atoms with Crippen LogP contribution in [-0.4, -0.2) is 37.2 Å². The molecule has 0 aliphatic rings. The van der Waals surface area contributed by atoms with E-state index in [4.69, 9.17) is 14.2 Å². The van der Waals surface area contributed by atoms with E-state index in [1.807, 2.05) is 0 Å². The van der Waals surface area contributed by atoms with Crippen molar-refractivity contribution >= 4 is 17.9 Å². The number of rotatable bonds is 60. The van der Waals surface area contributed by atoms with Crippen molar-refractivity contribution < 1.29 is 28.6 Å². The number of ether oxygens (including phenoxy) is 3. The molecule has 0 amide bonds. The lowest BCUT2D eigenvalue weighted by molar-refractivity contribution is -0.167. The zero-order chi connectivity index (χ0) is 59.2. The van der Waals surface area contributed by atoms with Crippen LogP contribution in [0.2, 0.25) is 0 Å². The first-order valence-electron chi connectivity index (χ1n) is 33.8. The highest BCUT2D eigenvalue weighted by atomic mass is 16.6. The summed E-state index contributed by atoms with van der Waals surface area (Å²) >= 11 is 0. The fourth-order valence-electron chi connectivity index (χ4n) is 9.04. The second kappa shape index (κ2) is 68.8. The van der Waals surface area contributed by atoms with E-state index in [-0.39, 0.29) is 37.5 Å². The molecule has 0 aliphatic carbocycles. The van der Waals surface area contributed by atoms with Crippen LogP contribution in [0.25, 0.3) is 0 Å². The molecular weight excluding hydrogens is 1010 g/mol. The highest BCUT2D eigenvalue weighted by Crippen LogP contribution is 2.15.